The zero-order chi connectivity index (χ0) is 16.0. The van der Waals surface area contributed by atoms with Crippen molar-refractivity contribution in [3.63, 3.8) is 0 Å². The Labute approximate surface area is 134 Å². The molecule has 0 spiro atoms. The third-order valence-corrected chi connectivity index (χ3v) is 4.00. The normalized spacial score (nSPS) is 17.4. The number of hydrogen-bond donors (Lipinski definition) is 2. The van der Waals surface area contributed by atoms with Crippen LogP contribution in [0.1, 0.15) is 13.8 Å². The lowest BCUT2D eigenvalue weighted by Crippen LogP contribution is -2.49. The summed E-state index contributed by atoms with van der Waals surface area (Å²) in [6.07, 6.45) is 4.88. The minimum Gasteiger partial charge on any atom is -0.711 e. The fraction of sp³-hybridized carbons (Fsp3) is 0.235. The Morgan fingerprint density at radius 2 is 2.13 bits per heavy atom. The first-order chi connectivity index (χ1) is 11.0. The molecule has 0 radical (unpaired) electrons. The van der Waals surface area contributed by atoms with Gasteiger partial charge in [0.2, 0.25) is 0 Å². The average molecular weight is 310 g/mol. The molecular formula is C17H18N4O2. The second kappa shape index (κ2) is 4.81. The van der Waals surface area contributed by atoms with Gasteiger partial charge in [0, 0.05) is 18.3 Å². The highest BCUT2D eigenvalue weighted by atomic mass is 16.5. The predicted octanol–water partition coefficient (Wildman–Crippen LogP) is 2.94. The molecule has 118 valence electrons. The van der Waals surface area contributed by atoms with Crippen molar-refractivity contribution in [3.05, 3.63) is 54.2 Å². The molecule has 0 bridgehead atoms. The van der Waals surface area contributed by atoms with Crippen LogP contribution in [-0.2, 0) is 0 Å². The largest absolute Gasteiger partial charge is 0.711 e. The zero-order valence-electron chi connectivity index (χ0n) is 13.0. The van der Waals surface area contributed by atoms with Gasteiger partial charge in [-0.05, 0) is 26.0 Å². The second-order valence-electron chi connectivity index (χ2n) is 6.41. The summed E-state index contributed by atoms with van der Waals surface area (Å²) in [5.74, 6) is 1.34. The topological polar surface area (TPSA) is 63.5 Å². The van der Waals surface area contributed by atoms with E-state index in [0.717, 1.165) is 27.5 Å². The van der Waals surface area contributed by atoms with E-state index in [0.29, 0.717) is 12.4 Å². The quantitative estimate of drug-likeness (QED) is 0.626. The summed E-state index contributed by atoms with van der Waals surface area (Å²) in [5, 5.41) is 18.9. The Bertz CT molecular complexity index is 801. The summed E-state index contributed by atoms with van der Waals surface area (Å²) < 4.78 is 6.47. The maximum atomic E-state index is 12.2. The SMILES string of the molecule is CC1(C)CN(c2cccc[n+]2[O-])c2cc3c(cc2N1)NC=CO3. The van der Waals surface area contributed by atoms with Crippen LogP contribution in [0.15, 0.2) is 49.0 Å². The zero-order valence-corrected chi connectivity index (χ0v) is 13.0. The summed E-state index contributed by atoms with van der Waals surface area (Å²) in [5.41, 5.74) is 2.63. The lowest BCUT2D eigenvalue weighted by Gasteiger charge is -2.38. The van der Waals surface area contributed by atoms with E-state index in [2.05, 4.69) is 24.5 Å². The van der Waals surface area contributed by atoms with Gasteiger partial charge in [-0.15, -0.1) is 0 Å². The standard InChI is InChI=1S/C17H18N4O2/c1-17(2)11-20(16-5-3-4-7-21(16)22)14-10-15-13(9-12(14)19-17)18-6-8-23-15/h3-10,18-19H,11H2,1-2H3. The van der Waals surface area contributed by atoms with Crippen molar-refractivity contribution in [2.75, 3.05) is 22.1 Å². The van der Waals surface area contributed by atoms with Gasteiger partial charge in [-0.2, -0.15) is 0 Å². The van der Waals surface area contributed by atoms with Gasteiger partial charge in [-0.1, -0.05) is 6.07 Å². The predicted molar refractivity (Wildman–Crippen MR) is 89.9 cm³/mol. The highest BCUT2D eigenvalue weighted by molar-refractivity contribution is 5.84. The lowest BCUT2D eigenvalue weighted by molar-refractivity contribution is -0.591. The minimum absolute atomic E-state index is 0.171. The monoisotopic (exact) mass is 310 g/mol. The number of hydrogen-bond acceptors (Lipinski definition) is 5. The number of fused-ring (bicyclic) bond motifs is 2. The number of pyridine rings is 1. The van der Waals surface area contributed by atoms with Crippen LogP contribution in [0.3, 0.4) is 0 Å². The maximum Gasteiger partial charge on any atom is 0.284 e. The van der Waals surface area contributed by atoms with E-state index < -0.39 is 0 Å². The van der Waals surface area contributed by atoms with Crippen LogP contribution in [0.4, 0.5) is 22.9 Å². The second-order valence-corrected chi connectivity index (χ2v) is 6.41. The number of nitrogens with zero attached hydrogens (tertiary/aromatic N) is 2. The average Bonchev–Trinajstić information content (AvgIpc) is 2.52. The molecule has 0 fully saturated rings. The van der Waals surface area contributed by atoms with Gasteiger partial charge >= 0.3 is 0 Å². The Morgan fingerprint density at radius 1 is 1.26 bits per heavy atom. The fourth-order valence-corrected chi connectivity index (χ4v) is 3.05. The Morgan fingerprint density at radius 3 is 2.96 bits per heavy atom. The highest BCUT2D eigenvalue weighted by Crippen LogP contribution is 2.44. The van der Waals surface area contributed by atoms with Crippen molar-refractivity contribution in [2.24, 2.45) is 0 Å². The third-order valence-electron chi connectivity index (χ3n) is 4.00. The molecule has 0 saturated carbocycles. The molecule has 1 aromatic carbocycles. The van der Waals surface area contributed by atoms with Crippen molar-refractivity contribution >= 4 is 22.9 Å². The van der Waals surface area contributed by atoms with E-state index in [9.17, 15) is 5.21 Å². The summed E-state index contributed by atoms with van der Waals surface area (Å²) in [6, 6.07) is 9.40. The van der Waals surface area contributed by atoms with E-state index in [4.69, 9.17) is 4.74 Å². The van der Waals surface area contributed by atoms with Gasteiger partial charge in [0.1, 0.15) is 12.8 Å². The first-order valence-electron chi connectivity index (χ1n) is 7.54. The molecule has 23 heavy (non-hydrogen) atoms. The Hall–Kier alpha value is -2.89. The van der Waals surface area contributed by atoms with Crippen LogP contribution >= 0.6 is 0 Å². The van der Waals surface area contributed by atoms with Gasteiger partial charge < -0.3 is 20.6 Å². The number of rotatable bonds is 1. The Kier molecular flexibility index (Phi) is 2.87. The van der Waals surface area contributed by atoms with Crippen LogP contribution in [-0.4, -0.2) is 12.1 Å². The summed E-state index contributed by atoms with van der Waals surface area (Å²) in [4.78, 5) is 2.03. The van der Waals surface area contributed by atoms with E-state index in [-0.39, 0.29) is 5.54 Å². The smallest absolute Gasteiger partial charge is 0.284 e. The fourth-order valence-electron chi connectivity index (χ4n) is 3.05. The van der Waals surface area contributed by atoms with Crippen LogP contribution in [0, 0.1) is 5.21 Å². The minimum atomic E-state index is -0.171. The van der Waals surface area contributed by atoms with Crippen molar-refractivity contribution in [1.29, 1.82) is 0 Å². The molecule has 4 rings (SSSR count). The molecule has 2 N–H and O–H groups in total. The molecule has 1 aromatic heterocycles. The molecule has 0 unspecified atom stereocenters. The summed E-state index contributed by atoms with van der Waals surface area (Å²) in [6.45, 7) is 4.91. The molecule has 0 aliphatic carbocycles. The number of aromatic nitrogens is 1. The first kappa shape index (κ1) is 13.8. The molecule has 2 aliphatic heterocycles. The van der Waals surface area contributed by atoms with Gasteiger partial charge in [0.15, 0.2) is 11.4 Å². The molecule has 2 aliphatic rings. The molecular weight excluding hydrogens is 292 g/mol. The molecule has 3 heterocycles. The number of anilines is 4. The number of ether oxygens (including phenoxy) is 1. The van der Waals surface area contributed by atoms with Crippen molar-refractivity contribution in [2.45, 2.75) is 19.4 Å². The van der Waals surface area contributed by atoms with Crippen LogP contribution < -0.4 is 25.0 Å². The maximum absolute atomic E-state index is 12.2. The van der Waals surface area contributed by atoms with E-state index in [1.807, 2.05) is 29.2 Å². The summed E-state index contributed by atoms with van der Waals surface area (Å²) in [7, 11) is 0. The van der Waals surface area contributed by atoms with Gasteiger partial charge in [-0.25, -0.2) is 9.63 Å². The van der Waals surface area contributed by atoms with Crippen LogP contribution in [0.25, 0.3) is 0 Å². The van der Waals surface area contributed by atoms with Gasteiger partial charge in [-0.3, -0.25) is 0 Å². The van der Waals surface area contributed by atoms with Crippen molar-refractivity contribution < 1.29 is 9.47 Å². The van der Waals surface area contributed by atoms with Crippen molar-refractivity contribution in [1.82, 2.24) is 0 Å². The molecule has 0 saturated heterocycles. The van der Waals surface area contributed by atoms with E-state index >= 15 is 0 Å². The first-order valence-corrected chi connectivity index (χ1v) is 7.54. The number of nitrogens with one attached hydrogen (secondary N) is 2. The van der Waals surface area contributed by atoms with E-state index in [1.165, 1.54) is 6.20 Å². The van der Waals surface area contributed by atoms with Gasteiger partial charge in [0.05, 0.1) is 23.1 Å². The highest BCUT2D eigenvalue weighted by Gasteiger charge is 2.37. The Balaban J connectivity index is 1.88. The summed E-state index contributed by atoms with van der Waals surface area (Å²) >= 11 is 0. The molecule has 2 aromatic rings. The molecule has 0 atom stereocenters. The number of benzene rings is 1. The lowest BCUT2D eigenvalue weighted by atomic mass is 9.98. The third kappa shape index (κ3) is 2.32. The molecule has 0 amide bonds. The van der Waals surface area contributed by atoms with Crippen LogP contribution in [0.5, 0.6) is 5.75 Å². The van der Waals surface area contributed by atoms with Gasteiger partial charge in [0.25, 0.3) is 5.82 Å². The molecule has 6 nitrogen and oxygen atoms in total. The van der Waals surface area contributed by atoms with Crippen molar-refractivity contribution in [3.8, 4) is 5.75 Å². The van der Waals surface area contributed by atoms with E-state index in [1.54, 1.807) is 18.5 Å². The molecule has 6 heteroatoms. The van der Waals surface area contributed by atoms with Crippen LogP contribution in [0.2, 0.25) is 0 Å².